The van der Waals surface area contributed by atoms with Gasteiger partial charge in [0, 0.05) is 0 Å². The Labute approximate surface area is 331 Å². The predicted octanol–water partition coefficient (Wildman–Crippen LogP) is 1.36. The standard InChI is InChI=1S/C42H72O14/c1-19-28(46)30(48)32(50)35(52-19)55-33-31(49)29(47)23(18-43)54-36(33)53-22-17-41(8)24(39(6)13-11-25(45)37(2,3)34(22)39)16-21(44)27-20(10-14-40(27,41)7)42(9)15-12-26(56-42)38(4,5)51/h19-36,43-51H,10-18H2,1-9H3/t19-,20-,21?,22?,23+,24+,25?,26?,27-,28-,29+,30+,31-,32+,33+,34-,35-,36+,39+,40+,41+,42-/m0/s1. The Balaban J connectivity index is 1.26. The van der Waals surface area contributed by atoms with Gasteiger partial charge in [-0.2, -0.15) is 0 Å². The van der Waals surface area contributed by atoms with E-state index in [1.807, 2.05) is 0 Å². The lowest BCUT2D eigenvalue weighted by molar-refractivity contribution is -0.382. The molecule has 7 rings (SSSR count). The first-order valence-corrected chi connectivity index (χ1v) is 21.2. The Morgan fingerprint density at radius 2 is 1.41 bits per heavy atom. The molecule has 4 aliphatic carbocycles. The van der Waals surface area contributed by atoms with Gasteiger partial charge >= 0.3 is 0 Å². The van der Waals surface area contributed by atoms with Crippen molar-refractivity contribution in [1.82, 2.24) is 0 Å². The van der Waals surface area contributed by atoms with Gasteiger partial charge in [-0.25, -0.2) is 0 Å². The lowest BCUT2D eigenvalue weighted by Gasteiger charge is -2.72. The molecule has 56 heavy (non-hydrogen) atoms. The summed E-state index contributed by atoms with van der Waals surface area (Å²) in [7, 11) is 0. The molecule has 3 heterocycles. The smallest absolute Gasteiger partial charge is 0.187 e. The Morgan fingerprint density at radius 3 is 2.04 bits per heavy atom. The van der Waals surface area contributed by atoms with E-state index < -0.39 is 114 Å². The Bertz CT molecular complexity index is 1430. The highest BCUT2D eigenvalue weighted by Gasteiger charge is 2.74. The lowest BCUT2D eigenvalue weighted by atomic mass is 9.34. The molecule has 7 aliphatic rings. The quantitative estimate of drug-likeness (QED) is 0.166. The number of aliphatic hydroxyl groups is 9. The summed E-state index contributed by atoms with van der Waals surface area (Å²) in [6.07, 6.45) is -11.0. The van der Waals surface area contributed by atoms with Gasteiger partial charge in [-0.3, -0.25) is 0 Å². The summed E-state index contributed by atoms with van der Waals surface area (Å²) < 4.78 is 32.0. The van der Waals surface area contributed by atoms with E-state index >= 15 is 0 Å². The van der Waals surface area contributed by atoms with Crippen LogP contribution in [0.25, 0.3) is 0 Å². The van der Waals surface area contributed by atoms with E-state index in [9.17, 15) is 46.0 Å². The summed E-state index contributed by atoms with van der Waals surface area (Å²) >= 11 is 0. The van der Waals surface area contributed by atoms with E-state index in [-0.39, 0.29) is 35.2 Å². The van der Waals surface area contributed by atoms with Crippen LogP contribution in [0.15, 0.2) is 0 Å². The van der Waals surface area contributed by atoms with Gasteiger partial charge in [0.1, 0.15) is 42.7 Å². The maximum atomic E-state index is 12.4. The summed E-state index contributed by atoms with van der Waals surface area (Å²) in [6, 6.07) is 0. The van der Waals surface area contributed by atoms with Crippen LogP contribution in [-0.4, -0.2) is 150 Å². The predicted molar refractivity (Wildman–Crippen MR) is 200 cm³/mol. The zero-order chi connectivity index (χ0) is 41.3. The maximum Gasteiger partial charge on any atom is 0.187 e. The van der Waals surface area contributed by atoms with E-state index in [1.54, 1.807) is 13.8 Å². The molecule has 324 valence electrons. The molecule has 0 aromatic carbocycles. The second kappa shape index (κ2) is 14.5. The van der Waals surface area contributed by atoms with Gasteiger partial charge in [0.15, 0.2) is 12.6 Å². The molecule has 0 amide bonds. The van der Waals surface area contributed by atoms with Crippen molar-refractivity contribution in [3.63, 3.8) is 0 Å². The Morgan fingerprint density at radius 1 is 0.732 bits per heavy atom. The van der Waals surface area contributed by atoms with Crippen molar-refractivity contribution in [1.29, 1.82) is 0 Å². The molecular formula is C42H72O14. The molecule has 9 N–H and O–H groups in total. The monoisotopic (exact) mass is 800 g/mol. The molecule has 22 atom stereocenters. The number of hydrogen-bond acceptors (Lipinski definition) is 14. The summed E-state index contributed by atoms with van der Waals surface area (Å²) in [6.45, 7) is 17.6. The third kappa shape index (κ3) is 6.49. The molecule has 3 aliphatic heterocycles. The summed E-state index contributed by atoms with van der Waals surface area (Å²) in [5, 5.41) is 99.5. The van der Waals surface area contributed by atoms with Crippen LogP contribution >= 0.6 is 0 Å². The molecule has 14 nitrogen and oxygen atoms in total. The normalized spacial score (nSPS) is 57.3. The summed E-state index contributed by atoms with van der Waals surface area (Å²) in [5.74, 6) is -0.246. The third-order valence-corrected chi connectivity index (χ3v) is 17.3. The third-order valence-electron chi connectivity index (χ3n) is 17.3. The van der Waals surface area contributed by atoms with E-state index in [0.717, 1.165) is 25.7 Å². The van der Waals surface area contributed by atoms with Crippen LogP contribution in [0.3, 0.4) is 0 Å². The molecule has 0 aromatic heterocycles. The first kappa shape index (κ1) is 43.5. The minimum Gasteiger partial charge on any atom is -0.394 e. The van der Waals surface area contributed by atoms with E-state index in [2.05, 4.69) is 41.5 Å². The van der Waals surface area contributed by atoms with Crippen LogP contribution in [0.1, 0.15) is 114 Å². The van der Waals surface area contributed by atoms with Crippen molar-refractivity contribution in [3.05, 3.63) is 0 Å². The highest BCUT2D eigenvalue weighted by Crippen LogP contribution is 2.76. The van der Waals surface area contributed by atoms with Crippen molar-refractivity contribution in [2.24, 2.45) is 45.3 Å². The largest absolute Gasteiger partial charge is 0.394 e. The van der Waals surface area contributed by atoms with Gasteiger partial charge in [0.25, 0.3) is 0 Å². The fourth-order valence-electron chi connectivity index (χ4n) is 14.1. The fourth-order valence-corrected chi connectivity index (χ4v) is 14.1. The SMILES string of the molecule is C[C@@H]1O[C@@H](O[C@H]2[C@H](OC3C[C@]4(C)[C@H](CC(O)[C@@H]5[C@@H]([C@]6(C)CCC(C(C)(C)O)O6)CC[C@]54C)[C@@]4(C)CCC(O)C(C)(C)[C@H]34)O[C@H](CO)[C@@H](O)[C@@H]2O)[C@H](O)[C@H](O)[C@H]1O. The zero-order valence-electron chi connectivity index (χ0n) is 34.8. The van der Waals surface area contributed by atoms with Crippen molar-refractivity contribution >= 4 is 0 Å². The van der Waals surface area contributed by atoms with Crippen molar-refractivity contribution in [2.45, 2.75) is 211 Å². The molecule has 14 heteroatoms. The Hall–Kier alpha value is -0.560. The number of aliphatic hydroxyl groups excluding tert-OH is 8. The van der Waals surface area contributed by atoms with Gasteiger partial charge in [0.2, 0.25) is 0 Å². The van der Waals surface area contributed by atoms with Crippen molar-refractivity contribution < 1.29 is 69.6 Å². The lowest BCUT2D eigenvalue weighted by Crippen LogP contribution is -2.71. The van der Waals surface area contributed by atoms with Gasteiger partial charge in [-0.1, -0.05) is 34.6 Å². The maximum absolute atomic E-state index is 12.4. The van der Waals surface area contributed by atoms with Crippen LogP contribution in [0.4, 0.5) is 0 Å². The van der Waals surface area contributed by atoms with Crippen LogP contribution in [-0.2, 0) is 23.7 Å². The average Bonchev–Trinajstić information content (AvgIpc) is 3.71. The Kier molecular flexibility index (Phi) is 11.3. The van der Waals surface area contributed by atoms with Gasteiger partial charge in [-0.15, -0.1) is 0 Å². The first-order chi connectivity index (χ1) is 25.9. The minimum absolute atomic E-state index is 0.0557. The number of rotatable bonds is 7. The topological polar surface area (TPSA) is 228 Å². The summed E-state index contributed by atoms with van der Waals surface area (Å²) in [4.78, 5) is 0. The second-order valence-corrected chi connectivity index (χ2v) is 21.2. The van der Waals surface area contributed by atoms with Crippen LogP contribution in [0, 0.1) is 45.3 Å². The number of ether oxygens (including phenoxy) is 5. The van der Waals surface area contributed by atoms with Crippen LogP contribution < -0.4 is 0 Å². The molecule has 7 fully saturated rings. The highest BCUT2D eigenvalue weighted by molar-refractivity contribution is 5.22. The van der Waals surface area contributed by atoms with Crippen molar-refractivity contribution in [3.8, 4) is 0 Å². The molecule has 0 aromatic rings. The number of hydrogen-bond donors (Lipinski definition) is 9. The fraction of sp³-hybridized carbons (Fsp3) is 1.00. The van der Waals surface area contributed by atoms with Gasteiger partial charge in [-0.05, 0) is 124 Å². The first-order valence-electron chi connectivity index (χ1n) is 21.2. The highest BCUT2D eigenvalue weighted by atomic mass is 16.8. The van der Waals surface area contributed by atoms with Gasteiger partial charge in [0.05, 0.1) is 48.3 Å². The summed E-state index contributed by atoms with van der Waals surface area (Å²) in [5.41, 5.74) is -3.36. The van der Waals surface area contributed by atoms with E-state index in [0.29, 0.717) is 25.7 Å². The van der Waals surface area contributed by atoms with E-state index in [1.165, 1.54) is 6.92 Å². The molecule has 0 spiro atoms. The molecule has 0 radical (unpaired) electrons. The minimum atomic E-state index is -1.70. The van der Waals surface area contributed by atoms with E-state index in [4.69, 9.17) is 23.7 Å². The number of fused-ring (bicyclic) bond motifs is 5. The molecule has 4 unspecified atom stereocenters. The van der Waals surface area contributed by atoms with Gasteiger partial charge < -0.3 is 69.6 Å². The van der Waals surface area contributed by atoms with Crippen molar-refractivity contribution in [2.75, 3.05) is 6.61 Å². The molecule has 0 bridgehead atoms. The molecule has 3 saturated heterocycles. The molecule has 4 saturated carbocycles. The zero-order valence-corrected chi connectivity index (χ0v) is 34.8. The second-order valence-electron chi connectivity index (χ2n) is 21.2. The molecular weight excluding hydrogens is 728 g/mol. The van der Waals surface area contributed by atoms with Crippen LogP contribution in [0.5, 0.6) is 0 Å². The van der Waals surface area contributed by atoms with Crippen LogP contribution in [0.2, 0.25) is 0 Å². The average molecular weight is 801 g/mol.